The number of aromatic nitrogens is 3. The molecule has 0 unspecified atom stereocenters. The van der Waals surface area contributed by atoms with E-state index in [0.29, 0.717) is 24.0 Å². The number of H-pyrrole nitrogens is 1. The number of guanidine groups is 1. The molecule has 0 fully saturated rings. The molecular weight excluding hydrogens is 487 g/mol. The minimum Gasteiger partial charge on any atom is -0.461 e. The van der Waals surface area contributed by atoms with Crippen LogP contribution in [0.2, 0.25) is 4.34 Å². The zero-order valence-electron chi connectivity index (χ0n) is 14.4. The lowest BCUT2D eigenvalue weighted by atomic mass is 10.4. The van der Waals surface area contributed by atoms with E-state index in [-0.39, 0.29) is 24.0 Å². The standard InChI is InChI=1S/C16H19ClN6OS.HI/c1-3-18-16(23(2)10-11-6-7-13(17)25-11)19-9-14-20-15(22-21-14)12-5-4-8-24-12;/h4-8H,3,9-10H2,1-2H3,(H,18,19)(H,20,21,22);1H. The third kappa shape index (κ3) is 5.45. The van der Waals surface area contributed by atoms with E-state index in [9.17, 15) is 0 Å². The molecule has 0 aromatic carbocycles. The SMILES string of the molecule is CCNC(=NCc1nc(-c2ccco2)n[nH]1)N(C)Cc1ccc(Cl)s1.I. The predicted octanol–water partition coefficient (Wildman–Crippen LogP) is 4.00. The Morgan fingerprint density at radius 1 is 1.42 bits per heavy atom. The highest BCUT2D eigenvalue weighted by molar-refractivity contribution is 14.0. The van der Waals surface area contributed by atoms with Gasteiger partial charge in [0.15, 0.2) is 11.7 Å². The average Bonchev–Trinajstić information content (AvgIpc) is 3.33. The van der Waals surface area contributed by atoms with Crippen molar-refractivity contribution >= 4 is 52.9 Å². The number of halogens is 2. The Balaban J connectivity index is 0.00000243. The van der Waals surface area contributed by atoms with Crippen molar-refractivity contribution in [3.63, 3.8) is 0 Å². The smallest absolute Gasteiger partial charge is 0.216 e. The molecule has 0 aliphatic rings. The molecule has 0 spiro atoms. The van der Waals surface area contributed by atoms with E-state index >= 15 is 0 Å². The fourth-order valence-corrected chi connectivity index (χ4v) is 3.39. The van der Waals surface area contributed by atoms with Crippen molar-refractivity contribution < 1.29 is 4.42 Å². The molecule has 0 saturated carbocycles. The molecule has 0 aliphatic heterocycles. The Labute approximate surface area is 177 Å². The summed E-state index contributed by atoms with van der Waals surface area (Å²) in [5, 5.41) is 10.3. The van der Waals surface area contributed by atoms with Crippen LogP contribution in [0.4, 0.5) is 0 Å². The number of hydrogen-bond donors (Lipinski definition) is 2. The molecule has 10 heteroatoms. The van der Waals surface area contributed by atoms with Crippen LogP contribution in [-0.2, 0) is 13.1 Å². The Morgan fingerprint density at radius 3 is 2.92 bits per heavy atom. The molecule has 3 heterocycles. The summed E-state index contributed by atoms with van der Waals surface area (Å²) in [6.07, 6.45) is 1.60. The second kappa shape index (κ2) is 9.93. The highest BCUT2D eigenvalue weighted by Gasteiger charge is 2.10. The molecule has 0 bridgehead atoms. The monoisotopic (exact) mass is 506 g/mol. The van der Waals surface area contributed by atoms with E-state index in [4.69, 9.17) is 16.0 Å². The summed E-state index contributed by atoms with van der Waals surface area (Å²) in [7, 11) is 1.99. The van der Waals surface area contributed by atoms with Gasteiger partial charge in [0.2, 0.25) is 5.82 Å². The summed E-state index contributed by atoms with van der Waals surface area (Å²) in [5.41, 5.74) is 0. The molecule has 140 valence electrons. The second-order valence-electron chi connectivity index (χ2n) is 5.32. The van der Waals surface area contributed by atoms with Gasteiger partial charge >= 0.3 is 0 Å². The van der Waals surface area contributed by atoms with Crippen LogP contribution in [0, 0.1) is 0 Å². The lowest BCUT2D eigenvalue weighted by molar-refractivity contribution is 0.481. The third-order valence-electron chi connectivity index (χ3n) is 3.37. The molecule has 0 aliphatic carbocycles. The lowest BCUT2D eigenvalue weighted by Gasteiger charge is -2.21. The fourth-order valence-electron chi connectivity index (χ4n) is 2.25. The number of hydrogen-bond acceptors (Lipinski definition) is 5. The topological polar surface area (TPSA) is 82.3 Å². The first-order chi connectivity index (χ1) is 12.2. The number of aliphatic imine (C=N–C) groups is 1. The maximum atomic E-state index is 6.00. The van der Waals surface area contributed by atoms with Crippen LogP contribution >= 0.6 is 46.9 Å². The van der Waals surface area contributed by atoms with Gasteiger partial charge in [0.1, 0.15) is 12.4 Å². The zero-order valence-corrected chi connectivity index (χ0v) is 18.3. The van der Waals surface area contributed by atoms with Crippen molar-refractivity contribution in [1.82, 2.24) is 25.4 Å². The van der Waals surface area contributed by atoms with Crippen LogP contribution in [0.15, 0.2) is 39.9 Å². The molecule has 7 nitrogen and oxygen atoms in total. The Kier molecular flexibility index (Phi) is 7.91. The molecule has 0 atom stereocenters. The van der Waals surface area contributed by atoms with Crippen molar-refractivity contribution in [1.29, 1.82) is 0 Å². The number of rotatable bonds is 6. The molecule has 3 rings (SSSR count). The zero-order chi connectivity index (χ0) is 17.6. The van der Waals surface area contributed by atoms with Crippen molar-refractivity contribution in [2.75, 3.05) is 13.6 Å². The summed E-state index contributed by atoms with van der Waals surface area (Å²) in [4.78, 5) is 12.3. The average molecular weight is 507 g/mol. The summed E-state index contributed by atoms with van der Waals surface area (Å²) >= 11 is 7.57. The van der Waals surface area contributed by atoms with Gasteiger partial charge in [-0.1, -0.05) is 11.6 Å². The van der Waals surface area contributed by atoms with Crippen molar-refractivity contribution in [3.05, 3.63) is 45.6 Å². The summed E-state index contributed by atoms with van der Waals surface area (Å²) in [6.45, 7) is 3.94. The van der Waals surface area contributed by atoms with Gasteiger partial charge in [0.05, 0.1) is 17.1 Å². The molecule has 0 saturated heterocycles. The fraction of sp³-hybridized carbons (Fsp3) is 0.312. The van der Waals surface area contributed by atoms with E-state index in [2.05, 4.69) is 30.4 Å². The van der Waals surface area contributed by atoms with Crippen molar-refractivity contribution in [3.8, 4) is 11.6 Å². The normalized spacial score (nSPS) is 11.3. The number of thiophene rings is 1. The third-order valence-corrected chi connectivity index (χ3v) is 4.59. The van der Waals surface area contributed by atoms with Crippen LogP contribution in [0.3, 0.4) is 0 Å². The van der Waals surface area contributed by atoms with Crippen molar-refractivity contribution in [2.24, 2.45) is 4.99 Å². The first-order valence-corrected chi connectivity index (χ1v) is 9.04. The maximum Gasteiger partial charge on any atom is 0.216 e. The van der Waals surface area contributed by atoms with E-state index < -0.39 is 0 Å². The van der Waals surface area contributed by atoms with Gasteiger partial charge < -0.3 is 14.6 Å². The van der Waals surface area contributed by atoms with Gasteiger partial charge in [-0.25, -0.2) is 9.98 Å². The largest absolute Gasteiger partial charge is 0.461 e. The Morgan fingerprint density at radius 2 is 2.27 bits per heavy atom. The van der Waals surface area contributed by atoms with Crippen LogP contribution in [-0.4, -0.2) is 39.6 Å². The number of aromatic amines is 1. The van der Waals surface area contributed by atoms with E-state index in [1.165, 1.54) is 4.88 Å². The molecule has 0 radical (unpaired) electrons. The Hall–Kier alpha value is -1.59. The van der Waals surface area contributed by atoms with Crippen LogP contribution in [0.5, 0.6) is 0 Å². The van der Waals surface area contributed by atoms with Gasteiger partial charge in [-0.05, 0) is 31.2 Å². The first-order valence-electron chi connectivity index (χ1n) is 7.84. The molecule has 2 N–H and O–H groups in total. The van der Waals surface area contributed by atoms with Crippen LogP contribution in [0.25, 0.3) is 11.6 Å². The van der Waals surface area contributed by atoms with Gasteiger partial charge in [0, 0.05) is 18.5 Å². The van der Waals surface area contributed by atoms with Gasteiger partial charge in [-0.3, -0.25) is 5.10 Å². The van der Waals surface area contributed by atoms with Gasteiger partial charge in [-0.2, -0.15) is 0 Å². The van der Waals surface area contributed by atoms with Gasteiger partial charge in [0.25, 0.3) is 0 Å². The molecule has 3 aromatic heterocycles. The van der Waals surface area contributed by atoms with E-state index in [1.807, 2.05) is 32.2 Å². The summed E-state index contributed by atoms with van der Waals surface area (Å²) in [6, 6.07) is 7.56. The molecule has 0 amide bonds. The minimum atomic E-state index is 0. The highest BCUT2D eigenvalue weighted by Crippen LogP contribution is 2.22. The minimum absolute atomic E-state index is 0. The molecule has 26 heavy (non-hydrogen) atoms. The van der Waals surface area contributed by atoms with Crippen LogP contribution < -0.4 is 5.32 Å². The lowest BCUT2D eigenvalue weighted by Crippen LogP contribution is -2.38. The van der Waals surface area contributed by atoms with Gasteiger partial charge in [-0.15, -0.1) is 40.4 Å². The quantitative estimate of drug-likeness (QED) is 0.300. The van der Waals surface area contributed by atoms with E-state index in [0.717, 1.165) is 23.4 Å². The number of nitrogens with zero attached hydrogens (tertiary/aromatic N) is 4. The summed E-state index contributed by atoms with van der Waals surface area (Å²) < 4.78 is 6.08. The molecular formula is C16H20ClIN6OS. The molecule has 3 aromatic rings. The van der Waals surface area contributed by atoms with E-state index in [1.54, 1.807) is 23.7 Å². The van der Waals surface area contributed by atoms with Crippen molar-refractivity contribution in [2.45, 2.75) is 20.0 Å². The highest BCUT2D eigenvalue weighted by atomic mass is 127. The summed E-state index contributed by atoms with van der Waals surface area (Å²) in [5.74, 6) is 2.63. The predicted molar refractivity (Wildman–Crippen MR) is 115 cm³/mol. The maximum absolute atomic E-state index is 6.00. The number of furan rings is 1. The Bertz CT molecular complexity index is 832. The number of nitrogens with one attached hydrogen (secondary N) is 2. The second-order valence-corrected chi connectivity index (χ2v) is 7.11. The first kappa shape index (κ1) is 20.7. The van der Waals surface area contributed by atoms with Crippen LogP contribution in [0.1, 0.15) is 17.6 Å².